The molecule has 1 aliphatic carbocycles. The molecule has 0 atom stereocenters. The molecule has 0 spiro atoms. The van der Waals surface area contributed by atoms with E-state index in [9.17, 15) is 0 Å². The molecule has 3 nitrogen and oxygen atoms in total. The molecule has 0 saturated heterocycles. The van der Waals surface area contributed by atoms with Crippen LogP contribution in [-0.4, -0.2) is 23.3 Å². The van der Waals surface area contributed by atoms with Crippen LogP contribution in [0.5, 0.6) is 0 Å². The van der Waals surface area contributed by atoms with E-state index < -0.39 is 0 Å². The van der Waals surface area contributed by atoms with Gasteiger partial charge in [-0.1, -0.05) is 12.1 Å². The summed E-state index contributed by atoms with van der Waals surface area (Å²) in [4.78, 5) is 4.73. The van der Waals surface area contributed by atoms with Crippen LogP contribution >= 0.6 is 0 Å². The zero-order valence-corrected chi connectivity index (χ0v) is 9.52. The van der Waals surface area contributed by atoms with E-state index in [-0.39, 0.29) is 0 Å². The summed E-state index contributed by atoms with van der Waals surface area (Å²) in [5.41, 5.74) is 2.35. The highest BCUT2D eigenvalue weighted by atomic mass is 16.5. The molecule has 0 unspecified atom stereocenters. The lowest BCUT2D eigenvalue weighted by Gasteiger charge is -2.07. The monoisotopic (exact) mass is 216 g/mol. The zero-order chi connectivity index (χ0) is 11.0. The van der Waals surface area contributed by atoms with Crippen LogP contribution in [0.25, 0.3) is 11.0 Å². The Morgan fingerprint density at radius 3 is 2.94 bits per heavy atom. The van der Waals surface area contributed by atoms with Crippen molar-refractivity contribution in [2.75, 3.05) is 13.7 Å². The fourth-order valence-electron chi connectivity index (χ4n) is 2.16. The molecule has 1 fully saturated rings. The van der Waals surface area contributed by atoms with Gasteiger partial charge in [-0.15, -0.1) is 0 Å². The number of nitrogens with zero attached hydrogens (tertiary/aromatic N) is 2. The number of benzene rings is 1. The van der Waals surface area contributed by atoms with Gasteiger partial charge in [-0.25, -0.2) is 4.98 Å². The van der Waals surface area contributed by atoms with Gasteiger partial charge >= 0.3 is 0 Å². The first-order valence-corrected chi connectivity index (χ1v) is 5.84. The van der Waals surface area contributed by atoms with E-state index >= 15 is 0 Å². The maximum atomic E-state index is 5.17. The molecule has 1 aliphatic rings. The van der Waals surface area contributed by atoms with Crippen molar-refractivity contribution in [1.29, 1.82) is 0 Å². The normalized spacial score (nSPS) is 15.8. The number of para-hydroxylation sites is 2. The molecule has 1 saturated carbocycles. The van der Waals surface area contributed by atoms with E-state index in [1.165, 1.54) is 24.2 Å². The third kappa shape index (κ3) is 1.61. The van der Waals surface area contributed by atoms with Crippen LogP contribution in [0.3, 0.4) is 0 Å². The van der Waals surface area contributed by atoms with Crippen molar-refractivity contribution < 1.29 is 4.74 Å². The molecule has 84 valence electrons. The maximum absolute atomic E-state index is 5.17. The summed E-state index contributed by atoms with van der Waals surface area (Å²) in [6.07, 6.45) is 2.58. The van der Waals surface area contributed by atoms with E-state index in [2.05, 4.69) is 22.8 Å². The minimum absolute atomic E-state index is 0.684. The van der Waals surface area contributed by atoms with Gasteiger partial charge in [-0.2, -0.15) is 0 Å². The molecular formula is C13H16N2O. The molecule has 1 heterocycles. The number of hydrogen-bond acceptors (Lipinski definition) is 2. The number of ether oxygens (including phenoxy) is 1. The Bertz CT molecular complexity index is 500. The van der Waals surface area contributed by atoms with Gasteiger partial charge in [0.25, 0.3) is 0 Å². The Kier molecular flexibility index (Phi) is 2.40. The Hall–Kier alpha value is -1.35. The van der Waals surface area contributed by atoms with Gasteiger partial charge in [-0.3, -0.25) is 0 Å². The summed E-state index contributed by atoms with van der Waals surface area (Å²) in [5.74, 6) is 1.93. The average molecular weight is 216 g/mol. The SMILES string of the molecule is COCCn1c(C2CC2)nc2ccccc21. The van der Waals surface area contributed by atoms with Gasteiger partial charge in [0.05, 0.1) is 17.6 Å². The maximum Gasteiger partial charge on any atom is 0.113 e. The Morgan fingerprint density at radius 1 is 1.38 bits per heavy atom. The van der Waals surface area contributed by atoms with E-state index in [1.807, 2.05) is 6.07 Å². The lowest BCUT2D eigenvalue weighted by Crippen LogP contribution is -2.07. The highest BCUT2D eigenvalue weighted by molar-refractivity contribution is 5.76. The summed E-state index contributed by atoms with van der Waals surface area (Å²) in [7, 11) is 1.75. The molecule has 0 bridgehead atoms. The van der Waals surface area contributed by atoms with E-state index in [4.69, 9.17) is 9.72 Å². The van der Waals surface area contributed by atoms with Crippen molar-refractivity contribution >= 4 is 11.0 Å². The lowest BCUT2D eigenvalue weighted by atomic mass is 10.3. The summed E-state index contributed by atoms with van der Waals surface area (Å²) in [5, 5.41) is 0. The van der Waals surface area contributed by atoms with Gasteiger partial charge < -0.3 is 9.30 Å². The largest absolute Gasteiger partial charge is 0.383 e. The van der Waals surface area contributed by atoms with Gasteiger partial charge in [0, 0.05) is 19.6 Å². The van der Waals surface area contributed by atoms with Crippen molar-refractivity contribution in [2.24, 2.45) is 0 Å². The molecule has 0 amide bonds. The Labute approximate surface area is 95.0 Å². The fraction of sp³-hybridized carbons (Fsp3) is 0.462. The number of aromatic nitrogens is 2. The van der Waals surface area contributed by atoms with Gasteiger partial charge in [-0.05, 0) is 25.0 Å². The first-order chi connectivity index (χ1) is 7.90. The molecule has 2 aromatic rings. The predicted octanol–water partition coefficient (Wildman–Crippen LogP) is 2.56. The second kappa shape index (κ2) is 3.91. The van der Waals surface area contributed by atoms with Crippen molar-refractivity contribution in [3.05, 3.63) is 30.1 Å². The molecule has 1 aromatic heterocycles. The average Bonchev–Trinajstić information content (AvgIpc) is 3.09. The number of hydrogen-bond donors (Lipinski definition) is 0. The fourth-order valence-corrected chi connectivity index (χ4v) is 2.16. The number of imidazole rings is 1. The lowest BCUT2D eigenvalue weighted by molar-refractivity contribution is 0.187. The van der Waals surface area contributed by atoms with Gasteiger partial charge in [0.1, 0.15) is 5.82 Å². The Balaban J connectivity index is 2.08. The summed E-state index contributed by atoms with van der Waals surface area (Å²) in [6, 6.07) is 8.35. The van der Waals surface area contributed by atoms with Crippen molar-refractivity contribution in [3.8, 4) is 0 Å². The van der Waals surface area contributed by atoms with Crippen LogP contribution in [0.2, 0.25) is 0 Å². The molecule has 3 rings (SSSR count). The summed E-state index contributed by atoms with van der Waals surface area (Å²) in [6.45, 7) is 1.66. The van der Waals surface area contributed by atoms with Crippen LogP contribution in [-0.2, 0) is 11.3 Å². The molecular weight excluding hydrogens is 200 g/mol. The van der Waals surface area contributed by atoms with Crippen LogP contribution in [0.4, 0.5) is 0 Å². The summed E-state index contributed by atoms with van der Waals surface area (Å²) >= 11 is 0. The van der Waals surface area contributed by atoms with Crippen molar-refractivity contribution in [1.82, 2.24) is 9.55 Å². The third-order valence-corrected chi connectivity index (χ3v) is 3.15. The minimum atomic E-state index is 0.684. The first kappa shape index (κ1) is 9.85. The molecule has 1 aromatic carbocycles. The topological polar surface area (TPSA) is 27.1 Å². The van der Waals surface area contributed by atoms with Crippen LogP contribution in [0, 0.1) is 0 Å². The van der Waals surface area contributed by atoms with Crippen LogP contribution in [0.15, 0.2) is 24.3 Å². The van der Waals surface area contributed by atoms with E-state index in [1.54, 1.807) is 7.11 Å². The molecule has 0 N–H and O–H groups in total. The van der Waals surface area contributed by atoms with Crippen LogP contribution in [0.1, 0.15) is 24.6 Å². The summed E-state index contributed by atoms with van der Waals surface area (Å²) < 4.78 is 7.49. The smallest absolute Gasteiger partial charge is 0.113 e. The van der Waals surface area contributed by atoms with Crippen LogP contribution < -0.4 is 0 Å². The molecule has 3 heteroatoms. The van der Waals surface area contributed by atoms with Crippen molar-refractivity contribution in [2.45, 2.75) is 25.3 Å². The number of fused-ring (bicyclic) bond motifs is 1. The molecule has 0 aliphatic heterocycles. The molecule has 0 radical (unpaired) electrons. The van der Waals surface area contributed by atoms with E-state index in [0.29, 0.717) is 5.92 Å². The quantitative estimate of drug-likeness (QED) is 0.785. The van der Waals surface area contributed by atoms with Crippen molar-refractivity contribution in [3.63, 3.8) is 0 Å². The zero-order valence-electron chi connectivity index (χ0n) is 9.52. The Morgan fingerprint density at radius 2 is 2.19 bits per heavy atom. The van der Waals surface area contributed by atoms with Gasteiger partial charge in [0.15, 0.2) is 0 Å². The van der Waals surface area contributed by atoms with Gasteiger partial charge in [0.2, 0.25) is 0 Å². The number of methoxy groups -OCH3 is 1. The second-order valence-electron chi connectivity index (χ2n) is 4.38. The molecule has 16 heavy (non-hydrogen) atoms. The predicted molar refractivity (Wildman–Crippen MR) is 63.6 cm³/mol. The first-order valence-electron chi connectivity index (χ1n) is 5.84. The minimum Gasteiger partial charge on any atom is -0.383 e. The second-order valence-corrected chi connectivity index (χ2v) is 4.38. The highest BCUT2D eigenvalue weighted by Gasteiger charge is 2.29. The highest BCUT2D eigenvalue weighted by Crippen LogP contribution is 2.40. The third-order valence-electron chi connectivity index (χ3n) is 3.15. The standard InChI is InChI=1S/C13H16N2O/c1-16-9-8-15-12-5-3-2-4-11(12)14-13(15)10-6-7-10/h2-5,10H,6-9H2,1H3. The van der Waals surface area contributed by atoms with E-state index in [0.717, 1.165) is 18.7 Å². The number of rotatable bonds is 4.